The Kier molecular flexibility index (Phi) is 5.64. The molecular formula is C24H21F3N6O. The molecule has 3 heterocycles. The van der Waals surface area contributed by atoms with Gasteiger partial charge in [0, 0.05) is 49.9 Å². The van der Waals surface area contributed by atoms with Crippen LogP contribution in [0.15, 0.2) is 48.8 Å². The summed E-state index contributed by atoms with van der Waals surface area (Å²) in [4.78, 5) is 25.2. The zero-order chi connectivity index (χ0) is 23.8. The number of carbonyl (C=O) groups is 1. The molecule has 0 unspecified atom stereocenters. The fourth-order valence-corrected chi connectivity index (χ4v) is 4.28. The van der Waals surface area contributed by atoms with Gasteiger partial charge in [0.25, 0.3) is 11.7 Å². The average Bonchev–Trinajstić information content (AvgIpc) is 3.30. The van der Waals surface area contributed by atoms with Crippen LogP contribution in [0, 0.1) is 24.4 Å². The van der Waals surface area contributed by atoms with Crippen molar-refractivity contribution in [3.8, 4) is 0 Å². The number of rotatable bonds is 4. The van der Waals surface area contributed by atoms with Crippen LogP contribution in [0.1, 0.15) is 27.2 Å². The Balaban J connectivity index is 1.43. The quantitative estimate of drug-likeness (QED) is 0.432. The van der Waals surface area contributed by atoms with Crippen LogP contribution >= 0.6 is 0 Å². The molecule has 2 aromatic heterocycles. The van der Waals surface area contributed by atoms with E-state index in [-0.39, 0.29) is 13.1 Å². The highest BCUT2D eigenvalue weighted by Gasteiger charge is 2.28. The molecule has 4 aromatic rings. The molecule has 174 valence electrons. The summed E-state index contributed by atoms with van der Waals surface area (Å²) in [5, 5.41) is 4.36. The zero-order valence-electron chi connectivity index (χ0n) is 18.4. The minimum absolute atomic E-state index is 0.277. The van der Waals surface area contributed by atoms with Gasteiger partial charge in [0.15, 0.2) is 11.6 Å². The van der Waals surface area contributed by atoms with Gasteiger partial charge in [-0.3, -0.25) is 4.79 Å². The highest BCUT2D eigenvalue weighted by Crippen LogP contribution is 2.27. The number of benzene rings is 2. The minimum Gasteiger partial charge on any atom is -0.353 e. The highest BCUT2D eigenvalue weighted by molar-refractivity contribution is 5.94. The van der Waals surface area contributed by atoms with Gasteiger partial charge in [-0.2, -0.15) is 14.6 Å². The van der Waals surface area contributed by atoms with Crippen LogP contribution in [-0.2, 0) is 6.42 Å². The number of aromatic nitrogens is 4. The van der Waals surface area contributed by atoms with Crippen LogP contribution in [0.5, 0.6) is 0 Å². The smallest absolute Gasteiger partial charge is 0.257 e. The van der Waals surface area contributed by atoms with Crippen molar-refractivity contribution in [3.05, 3.63) is 88.6 Å². The predicted molar refractivity (Wildman–Crippen MR) is 119 cm³/mol. The van der Waals surface area contributed by atoms with Crippen LogP contribution in [0.2, 0.25) is 0 Å². The van der Waals surface area contributed by atoms with Crippen LogP contribution in [0.4, 0.5) is 19.0 Å². The summed E-state index contributed by atoms with van der Waals surface area (Å²) in [5.41, 5.74) is 2.48. The van der Waals surface area contributed by atoms with Crippen molar-refractivity contribution in [2.45, 2.75) is 13.3 Å². The maximum atomic E-state index is 14.1. The molecule has 34 heavy (non-hydrogen) atoms. The second kappa shape index (κ2) is 8.77. The van der Waals surface area contributed by atoms with E-state index in [9.17, 15) is 18.0 Å². The van der Waals surface area contributed by atoms with E-state index in [4.69, 9.17) is 0 Å². The molecule has 1 aliphatic rings. The summed E-state index contributed by atoms with van der Waals surface area (Å²) in [6, 6.07) is 11.0. The lowest BCUT2D eigenvalue weighted by Gasteiger charge is -2.37. The van der Waals surface area contributed by atoms with Gasteiger partial charge in [-0.05, 0) is 18.6 Å². The lowest BCUT2D eigenvalue weighted by Crippen LogP contribution is -2.49. The summed E-state index contributed by atoms with van der Waals surface area (Å²) < 4.78 is 42.7. The van der Waals surface area contributed by atoms with Crippen molar-refractivity contribution in [1.29, 1.82) is 0 Å². The van der Waals surface area contributed by atoms with Crippen LogP contribution in [0.3, 0.4) is 0 Å². The van der Waals surface area contributed by atoms with E-state index in [1.165, 1.54) is 11.2 Å². The number of hydrogen-bond acceptors (Lipinski definition) is 5. The van der Waals surface area contributed by atoms with Crippen molar-refractivity contribution in [3.63, 3.8) is 0 Å². The van der Waals surface area contributed by atoms with Crippen LogP contribution in [0.25, 0.3) is 5.78 Å². The van der Waals surface area contributed by atoms with E-state index in [2.05, 4.69) is 20.0 Å². The summed E-state index contributed by atoms with van der Waals surface area (Å²) >= 11 is 0. The van der Waals surface area contributed by atoms with Gasteiger partial charge >= 0.3 is 0 Å². The van der Waals surface area contributed by atoms with Crippen molar-refractivity contribution in [1.82, 2.24) is 24.5 Å². The zero-order valence-corrected chi connectivity index (χ0v) is 18.4. The largest absolute Gasteiger partial charge is 0.353 e. The molecule has 7 nitrogen and oxygen atoms in total. The Morgan fingerprint density at radius 2 is 1.68 bits per heavy atom. The fourth-order valence-electron chi connectivity index (χ4n) is 4.28. The van der Waals surface area contributed by atoms with Gasteiger partial charge in [0.1, 0.15) is 18.0 Å². The Hall–Kier alpha value is -3.95. The molecule has 1 fully saturated rings. The first-order valence-electron chi connectivity index (χ1n) is 10.8. The Morgan fingerprint density at radius 1 is 0.971 bits per heavy atom. The highest BCUT2D eigenvalue weighted by atomic mass is 19.2. The topological polar surface area (TPSA) is 66.6 Å². The van der Waals surface area contributed by atoms with E-state index >= 15 is 0 Å². The normalized spacial score (nSPS) is 14.1. The first kappa shape index (κ1) is 21.9. The molecular weight excluding hydrogens is 445 g/mol. The molecule has 5 rings (SSSR count). The van der Waals surface area contributed by atoms with Crippen molar-refractivity contribution >= 4 is 17.5 Å². The summed E-state index contributed by atoms with van der Waals surface area (Å²) in [7, 11) is 0. The predicted octanol–water partition coefficient (Wildman–Crippen LogP) is 3.40. The molecule has 1 aliphatic heterocycles. The third-order valence-corrected chi connectivity index (χ3v) is 6.04. The molecule has 1 amide bonds. The van der Waals surface area contributed by atoms with Crippen LogP contribution < -0.4 is 4.90 Å². The van der Waals surface area contributed by atoms with E-state index in [1.54, 1.807) is 4.52 Å². The second-order valence-electron chi connectivity index (χ2n) is 8.16. The van der Waals surface area contributed by atoms with Gasteiger partial charge in [-0.25, -0.2) is 18.2 Å². The Labute approximate surface area is 193 Å². The van der Waals surface area contributed by atoms with E-state index < -0.39 is 28.9 Å². The van der Waals surface area contributed by atoms with Gasteiger partial charge in [-0.15, -0.1) is 0 Å². The van der Waals surface area contributed by atoms with Gasteiger partial charge in [-0.1, -0.05) is 30.3 Å². The molecule has 0 atom stereocenters. The third-order valence-electron chi connectivity index (χ3n) is 6.04. The number of halogens is 3. The van der Waals surface area contributed by atoms with Crippen molar-refractivity contribution < 1.29 is 18.0 Å². The maximum absolute atomic E-state index is 14.1. The Bertz CT molecular complexity index is 1370. The first-order chi connectivity index (χ1) is 16.4. The second-order valence-corrected chi connectivity index (χ2v) is 8.16. The average molecular weight is 466 g/mol. The monoisotopic (exact) mass is 466 g/mol. The molecule has 0 spiro atoms. The molecule has 0 bridgehead atoms. The lowest BCUT2D eigenvalue weighted by atomic mass is 10.0. The SMILES string of the molecule is Cc1nc2ncnn2c(N2CCN(C(=O)c3cc(F)c(F)cc3F)CC2)c1Cc1ccccc1. The van der Waals surface area contributed by atoms with E-state index in [0.29, 0.717) is 37.4 Å². The number of fused-ring (bicyclic) bond motifs is 1. The molecule has 1 saturated heterocycles. The van der Waals surface area contributed by atoms with Gasteiger partial charge < -0.3 is 9.80 Å². The number of carbonyl (C=O) groups excluding carboxylic acids is 1. The van der Waals surface area contributed by atoms with Gasteiger partial charge in [0.05, 0.1) is 5.56 Å². The van der Waals surface area contributed by atoms with Crippen molar-refractivity contribution in [2.75, 3.05) is 31.1 Å². The van der Waals surface area contributed by atoms with Crippen molar-refractivity contribution in [2.24, 2.45) is 0 Å². The summed E-state index contributed by atoms with van der Waals surface area (Å²) in [6.45, 7) is 3.37. The van der Waals surface area contributed by atoms with E-state index in [0.717, 1.165) is 22.6 Å². The molecule has 0 aliphatic carbocycles. The van der Waals surface area contributed by atoms with E-state index in [1.807, 2.05) is 37.3 Å². The molecule has 10 heteroatoms. The minimum atomic E-state index is -1.32. The molecule has 0 N–H and O–H groups in total. The Morgan fingerprint density at radius 3 is 2.41 bits per heavy atom. The number of piperazine rings is 1. The first-order valence-corrected chi connectivity index (χ1v) is 10.8. The summed E-state index contributed by atoms with van der Waals surface area (Å²) in [5.74, 6) is -3.01. The third kappa shape index (κ3) is 3.95. The number of nitrogens with zero attached hydrogens (tertiary/aromatic N) is 6. The lowest BCUT2D eigenvalue weighted by molar-refractivity contribution is 0.0741. The standard InChI is InChI=1S/C24H21F3N6O/c1-15-17(11-16-5-3-2-4-6-16)22(33-24(30-15)28-14-29-33)31-7-9-32(10-8-31)23(34)18-12-20(26)21(27)13-19(18)25/h2-6,12-14H,7-11H2,1H3. The fraction of sp³-hybridized carbons (Fsp3) is 0.250. The number of anilines is 1. The maximum Gasteiger partial charge on any atom is 0.257 e. The number of amides is 1. The number of hydrogen-bond donors (Lipinski definition) is 0. The van der Waals surface area contributed by atoms with Crippen LogP contribution in [-0.4, -0.2) is 56.6 Å². The molecule has 2 aromatic carbocycles. The summed E-state index contributed by atoms with van der Waals surface area (Å²) in [6.07, 6.45) is 2.09. The number of aryl methyl sites for hydroxylation is 1. The van der Waals surface area contributed by atoms with Gasteiger partial charge in [0.2, 0.25) is 0 Å². The molecule has 0 radical (unpaired) electrons. The molecule has 0 saturated carbocycles.